The molecule has 0 aromatic carbocycles. The molecule has 1 heterocycles. The van der Waals surface area contributed by atoms with Crippen LogP contribution in [0, 0.1) is 19.3 Å². The Labute approximate surface area is 117 Å². The van der Waals surface area contributed by atoms with E-state index in [4.69, 9.17) is 0 Å². The van der Waals surface area contributed by atoms with E-state index < -0.39 is 0 Å². The lowest BCUT2D eigenvalue weighted by Gasteiger charge is -2.26. The number of aryl methyl sites for hydroxylation is 2. The molecule has 0 bridgehead atoms. The van der Waals surface area contributed by atoms with Gasteiger partial charge in [0, 0.05) is 30.4 Å². The fourth-order valence-corrected chi connectivity index (χ4v) is 3.55. The summed E-state index contributed by atoms with van der Waals surface area (Å²) < 4.78 is 2.11. The summed E-state index contributed by atoms with van der Waals surface area (Å²) in [5.41, 5.74) is 4.40. The van der Waals surface area contributed by atoms with Crippen molar-refractivity contribution < 1.29 is 0 Å². The van der Waals surface area contributed by atoms with Crippen molar-refractivity contribution in [3.63, 3.8) is 0 Å². The molecule has 1 aromatic rings. The molecule has 1 fully saturated rings. The minimum atomic E-state index is 0.401. The number of nitrogens with one attached hydrogen (secondary N) is 1. The molecule has 1 saturated carbocycles. The first-order valence-corrected chi connectivity index (χ1v) is 7.74. The molecule has 3 nitrogen and oxygen atoms in total. The fraction of sp³-hybridized carbons (Fsp3) is 0.812. The maximum atomic E-state index is 4.62. The Morgan fingerprint density at radius 1 is 1.32 bits per heavy atom. The van der Waals surface area contributed by atoms with Gasteiger partial charge in [-0.3, -0.25) is 4.68 Å². The SMILES string of the molecule is CCn1nc(C)c(C(C)NCC2(C)CCCC2)c1C. The number of rotatable bonds is 5. The van der Waals surface area contributed by atoms with E-state index in [-0.39, 0.29) is 0 Å². The Morgan fingerprint density at radius 3 is 2.47 bits per heavy atom. The molecule has 0 aliphatic heterocycles. The van der Waals surface area contributed by atoms with Crippen LogP contribution in [0.15, 0.2) is 0 Å². The highest BCUT2D eigenvalue weighted by atomic mass is 15.3. The van der Waals surface area contributed by atoms with Gasteiger partial charge >= 0.3 is 0 Å². The molecule has 2 rings (SSSR count). The number of aromatic nitrogens is 2. The van der Waals surface area contributed by atoms with Crippen molar-refractivity contribution >= 4 is 0 Å². The molecule has 0 saturated heterocycles. The van der Waals surface area contributed by atoms with Crippen LogP contribution in [0.1, 0.15) is 69.4 Å². The van der Waals surface area contributed by atoms with Gasteiger partial charge in [-0.15, -0.1) is 0 Å². The third kappa shape index (κ3) is 3.02. The quantitative estimate of drug-likeness (QED) is 0.877. The maximum Gasteiger partial charge on any atom is 0.0644 e. The zero-order valence-electron chi connectivity index (χ0n) is 13.2. The van der Waals surface area contributed by atoms with E-state index in [0.29, 0.717) is 11.5 Å². The first-order chi connectivity index (χ1) is 8.97. The van der Waals surface area contributed by atoms with Crippen LogP contribution >= 0.6 is 0 Å². The fourth-order valence-electron chi connectivity index (χ4n) is 3.55. The van der Waals surface area contributed by atoms with Crippen LogP contribution in [0.5, 0.6) is 0 Å². The van der Waals surface area contributed by atoms with Gasteiger partial charge in [0.25, 0.3) is 0 Å². The third-order valence-electron chi connectivity index (χ3n) is 4.82. The van der Waals surface area contributed by atoms with Crippen molar-refractivity contribution in [2.24, 2.45) is 5.41 Å². The van der Waals surface area contributed by atoms with Gasteiger partial charge < -0.3 is 5.32 Å². The van der Waals surface area contributed by atoms with Gasteiger partial charge in [-0.1, -0.05) is 19.8 Å². The summed E-state index contributed by atoms with van der Waals surface area (Å²) >= 11 is 0. The van der Waals surface area contributed by atoms with Crippen molar-refractivity contribution in [3.05, 3.63) is 17.0 Å². The molecule has 19 heavy (non-hydrogen) atoms. The summed E-state index contributed by atoms with van der Waals surface area (Å²) in [7, 11) is 0. The zero-order valence-corrected chi connectivity index (χ0v) is 13.2. The lowest BCUT2D eigenvalue weighted by Crippen LogP contribution is -2.31. The summed E-state index contributed by atoms with van der Waals surface area (Å²) in [4.78, 5) is 0. The monoisotopic (exact) mass is 263 g/mol. The molecular weight excluding hydrogens is 234 g/mol. The van der Waals surface area contributed by atoms with Crippen LogP contribution in [0.4, 0.5) is 0 Å². The highest BCUT2D eigenvalue weighted by Crippen LogP contribution is 2.37. The summed E-state index contributed by atoms with van der Waals surface area (Å²) in [6.45, 7) is 13.3. The van der Waals surface area contributed by atoms with E-state index in [1.54, 1.807) is 0 Å². The predicted octanol–water partition coefficient (Wildman–Crippen LogP) is 3.75. The first kappa shape index (κ1) is 14.6. The maximum absolute atomic E-state index is 4.62. The normalized spacial score (nSPS) is 19.8. The van der Waals surface area contributed by atoms with Gasteiger partial charge in [0.05, 0.1) is 5.69 Å². The van der Waals surface area contributed by atoms with Crippen molar-refractivity contribution in [1.29, 1.82) is 0 Å². The first-order valence-electron chi connectivity index (χ1n) is 7.74. The summed E-state index contributed by atoms with van der Waals surface area (Å²) in [6, 6.07) is 0.401. The Bertz CT molecular complexity index is 427. The van der Waals surface area contributed by atoms with Crippen molar-refractivity contribution in [3.8, 4) is 0 Å². The number of hydrogen-bond donors (Lipinski definition) is 1. The van der Waals surface area contributed by atoms with Gasteiger partial charge in [0.15, 0.2) is 0 Å². The Hall–Kier alpha value is -0.830. The van der Waals surface area contributed by atoms with Crippen molar-refractivity contribution in [2.75, 3.05) is 6.54 Å². The minimum absolute atomic E-state index is 0.401. The van der Waals surface area contributed by atoms with Crippen LogP contribution in [0.25, 0.3) is 0 Å². The molecule has 1 aliphatic rings. The van der Waals surface area contributed by atoms with Gasteiger partial charge in [-0.05, 0) is 46.0 Å². The van der Waals surface area contributed by atoms with Crippen LogP contribution < -0.4 is 5.32 Å². The van der Waals surface area contributed by atoms with E-state index in [1.807, 2.05) is 0 Å². The average molecular weight is 263 g/mol. The lowest BCUT2D eigenvalue weighted by molar-refractivity contribution is 0.301. The van der Waals surface area contributed by atoms with Crippen LogP contribution in [0.3, 0.4) is 0 Å². The molecule has 1 N–H and O–H groups in total. The van der Waals surface area contributed by atoms with Gasteiger partial charge in [-0.2, -0.15) is 5.10 Å². The molecule has 108 valence electrons. The highest BCUT2D eigenvalue weighted by molar-refractivity contribution is 5.27. The molecule has 1 unspecified atom stereocenters. The van der Waals surface area contributed by atoms with E-state index in [1.165, 1.54) is 42.6 Å². The Kier molecular flexibility index (Phi) is 4.34. The average Bonchev–Trinajstić information content (AvgIpc) is 2.92. The van der Waals surface area contributed by atoms with Crippen LogP contribution in [0.2, 0.25) is 0 Å². The largest absolute Gasteiger partial charge is 0.310 e. The molecule has 0 radical (unpaired) electrons. The molecule has 3 heteroatoms. The number of nitrogens with zero attached hydrogens (tertiary/aromatic N) is 2. The smallest absolute Gasteiger partial charge is 0.0644 e. The summed E-state index contributed by atoms with van der Waals surface area (Å²) in [5, 5.41) is 8.37. The van der Waals surface area contributed by atoms with Crippen LogP contribution in [-0.4, -0.2) is 16.3 Å². The van der Waals surface area contributed by atoms with Gasteiger partial charge in [0.2, 0.25) is 0 Å². The molecule has 1 atom stereocenters. The summed E-state index contributed by atoms with van der Waals surface area (Å²) in [6.07, 6.45) is 5.55. The molecular formula is C16H29N3. The van der Waals surface area contributed by atoms with Gasteiger partial charge in [0.1, 0.15) is 0 Å². The van der Waals surface area contributed by atoms with E-state index in [2.05, 4.69) is 49.7 Å². The molecule has 0 amide bonds. The minimum Gasteiger partial charge on any atom is -0.310 e. The molecule has 1 aromatic heterocycles. The van der Waals surface area contributed by atoms with Gasteiger partial charge in [-0.25, -0.2) is 0 Å². The standard InChI is InChI=1S/C16H29N3/c1-6-19-14(4)15(13(3)18-19)12(2)17-11-16(5)9-7-8-10-16/h12,17H,6-11H2,1-5H3. The number of hydrogen-bond acceptors (Lipinski definition) is 2. The Balaban J connectivity index is 2.03. The lowest BCUT2D eigenvalue weighted by atomic mass is 9.88. The third-order valence-corrected chi connectivity index (χ3v) is 4.82. The zero-order chi connectivity index (χ0) is 14.0. The van der Waals surface area contributed by atoms with E-state index >= 15 is 0 Å². The van der Waals surface area contributed by atoms with Crippen molar-refractivity contribution in [2.45, 2.75) is 72.9 Å². The Morgan fingerprint density at radius 2 is 1.95 bits per heavy atom. The predicted molar refractivity (Wildman–Crippen MR) is 80.4 cm³/mol. The second kappa shape index (κ2) is 5.66. The second-order valence-corrected chi connectivity index (χ2v) is 6.52. The molecule has 1 aliphatic carbocycles. The van der Waals surface area contributed by atoms with E-state index in [0.717, 1.165) is 13.1 Å². The molecule has 0 spiro atoms. The van der Waals surface area contributed by atoms with Crippen LogP contribution in [-0.2, 0) is 6.54 Å². The van der Waals surface area contributed by atoms with E-state index in [9.17, 15) is 0 Å². The topological polar surface area (TPSA) is 29.9 Å². The summed E-state index contributed by atoms with van der Waals surface area (Å²) in [5.74, 6) is 0. The van der Waals surface area contributed by atoms with Crippen molar-refractivity contribution in [1.82, 2.24) is 15.1 Å². The highest BCUT2D eigenvalue weighted by Gasteiger charge is 2.29. The second-order valence-electron chi connectivity index (χ2n) is 6.52.